The highest BCUT2D eigenvalue weighted by atomic mass is 35.5. The Morgan fingerprint density at radius 3 is 2.40 bits per heavy atom. The highest BCUT2D eigenvalue weighted by Gasteiger charge is 2.11. The van der Waals surface area contributed by atoms with Crippen LogP contribution in [0.15, 0.2) is 36.4 Å². The van der Waals surface area contributed by atoms with Gasteiger partial charge in [-0.25, -0.2) is 0 Å². The fourth-order valence-electron chi connectivity index (χ4n) is 1.83. The molecule has 3 nitrogen and oxygen atoms in total. The predicted molar refractivity (Wildman–Crippen MR) is 81.9 cm³/mol. The van der Waals surface area contributed by atoms with Crippen molar-refractivity contribution in [3.63, 3.8) is 0 Å². The van der Waals surface area contributed by atoms with Gasteiger partial charge in [0.25, 0.3) is 5.91 Å². The molecule has 0 spiro atoms. The van der Waals surface area contributed by atoms with Gasteiger partial charge in [0.1, 0.15) is 5.75 Å². The minimum atomic E-state index is -0.176. The number of rotatable bonds is 3. The first-order chi connectivity index (χ1) is 9.51. The van der Waals surface area contributed by atoms with Crippen LogP contribution in [0.4, 0.5) is 5.69 Å². The molecule has 104 valence electrons. The number of carbonyl (C=O) groups is 1. The molecule has 0 radical (unpaired) electrons. The van der Waals surface area contributed by atoms with Crippen LogP contribution in [0.1, 0.15) is 21.5 Å². The third-order valence-corrected chi connectivity index (χ3v) is 3.45. The number of ether oxygens (including phenoxy) is 1. The van der Waals surface area contributed by atoms with Crippen molar-refractivity contribution in [3.05, 3.63) is 58.1 Å². The molecule has 0 aliphatic carbocycles. The van der Waals surface area contributed by atoms with Gasteiger partial charge in [-0.1, -0.05) is 29.3 Å². The van der Waals surface area contributed by atoms with Gasteiger partial charge in [0, 0.05) is 16.7 Å². The molecule has 0 aliphatic rings. The van der Waals surface area contributed by atoms with E-state index >= 15 is 0 Å². The van der Waals surface area contributed by atoms with E-state index in [-0.39, 0.29) is 5.91 Å². The van der Waals surface area contributed by atoms with Crippen LogP contribution < -0.4 is 10.1 Å². The highest BCUT2D eigenvalue weighted by Crippen LogP contribution is 2.31. The van der Waals surface area contributed by atoms with Crippen LogP contribution in [0, 0.1) is 13.8 Å². The van der Waals surface area contributed by atoms with Crippen LogP contribution in [-0.2, 0) is 0 Å². The Morgan fingerprint density at radius 2 is 1.80 bits per heavy atom. The minimum Gasteiger partial charge on any atom is -0.495 e. The lowest BCUT2D eigenvalue weighted by molar-refractivity contribution is 0.102. The van der Waals surface area contributed by atoms with E-state index < -0.39 is 0 Å². The van der Waals surface area contributed by atoms with Gasteiger partial charge >= 0.3 is 0 Å². The molecular weight excluding hydrogens is 274 g/mol. The van der Waals surface area contributed by atoms with E-state index in [1.807, 2.05) is 26.0 Å². The molecule has 0 aliphatic heterocycles. The number of aryl methyl sites for hydroxylation is 2. The van der Waals surface area contributed by atoms with Crippen LogP contribution in [0.3, 0.4) is 0 Å². The van der Waals surface area contributed by atoms with Crippen LogP contribution in [0.5, 0.6) is 5.75 Å². The third-order valence-electron chi connectivity index (χ3n) is 3.04. The molecule has 1 amide bonds. The molecule has 1 N–H and O–H groups in total. The molecule has 2 aromatic carbocycles. The Kier molecular flexibility index (Phi) is 4.30. The summed E-state index contributed by atoms with van der Waals surface area (Å²) in [5.41, 5.74) is 3.21. The van der Waals surface area contributed by atoms with Crippen molar-refractivity contribution in [1.29, 1.82) is 0 Å². The lowest BCUT2D eigenvalue weighted by atomic mass is 10.1. The first-order valence-corrected chi connectivity index (χ1v) is 6.61. The quantitative estimate of drug-likeness (QED) is 0.919. The van der Waals surface area contributed by atoms with Crippen molar-refractivity contribution >= 4 is 23.2 Å². The van der Waals surface area contributed by atoms with Crippen molar-refractivity contribution in [2.45, 2.75) is 13.8 Å². The Morgan fingerprint density at radius 1 is 1.15 bits per heavy atom. The molecule has 2 rings (SSSR count). The van der Waals surface area contributed by atoms with Crippen molar-refractivity contribution in [2.24, 2.45) is 0 Å². The van der Waals surface area contributed by atoms with Gasteiger partial charge in [-0.3, -0.25) is 4.79 Å². The molecule has 0 heterocycles. The molecule has 2 aromatic rings. The maximum Gasteiger partial charge on any atom is 0.255 e. The average Bonchev–Trinajstić information content (AvgIpc) is 2.43. The molecular formula is C16H16ClNO2. The summed E-state index contributed by atoms with van der Waals surface area (Å²) in [5, 5.41) is 3.45. The Hall–Kier alpha value is -2.00. The number of anilines is 1. The van der Waals surface area contributed by atoms with E-state index in [4.69, 9.17) is 16.3 Å². The predicted octanol–water partition coefficient (Wildman–Crippen LogP) is 4.22. The van der Waals surface area contributed by atoms with Gasteiger partial charge in [0.2, 0.25) is 0 Å². The van der Waals surface area contributed by atoms with E-state index in [1.54, 1.807) is 31.4 Å². The molecule has 0 bridgehead atoms. The first kappa shape index (κ1) is 14.4. The fraction of sp³-hybridized carbons (Fsp3) is 0.188. The second-order valence-corrected chi connectivity index (χ2v) is 5.03. The monoisotopic (exact) mass is 289 g/mol. The molecule has 0 atom stereocenters. The van der Waals surface area contributed by atoms with Gasteiger partial charge in [-0.15, -0.1) is 0 Å². The molecule has 0 saturated heterocycles. The molecule has 0 unspecified atom stereocenters. The zero-order valence-electron chi connectivity index (χ0n) is 11.7. The van der Waals surface area contributed by atoms with Gasteiger partial charge in [-0.2, -0.15) is 0 Å². The van der Waals surface area contributed by atoms with Crippen LogP contribution in [-0.4, -0.2) is 13.0 Å². The summed E-state index contributed by atoms with van der Waals surface area (Å²) in [6, 6.07) is 10.9. The largest absolute Gasteiger partial charge is 0.495 e. The Labute approximate surface area is 123 Å². The zero-order valence-corrected chi connectivity index (χ0v) is 12.4. The van der Waals surface area contributed by atoms with Crippen molar-refractivity contribution in [2.75, 3.05) is 12.4 Å². The maximum absolute atomic E-state index is 12.2. The van der Waals surface area contributed by atoms with E-state index in [0.29, 0.717) is 22.0 Å². The van der Waals surface area contributed by atoms with Crippen LogP contribution in [0.2, 0.25) is 5.02 Å². The first-order valence-electron chi connectivity index (χ1n) is 6.23. The number of amides is 1. The smallest absolute Gasteiger partial charge is 0.255 e. The van der Waals surface area contributed by atoms with Crippen LogP contribution >= 0.6 is 11.6 Å². The van der Waals surface area contributed by atoms with E-state index in [9.17, 15) is 4.79 Å². The number of methoxy groups -OCH3 is 1. The highest BCUT2D eigenvalue weighted by molar-refractivity contribution is 6.31. The molecule has 4 heteroatoms. The normalized spacial score (nSPS) is 10.2. The lowest BCUT2D eigenvalue weighted by Gasteiger charge is -2.12. The SMILES string of the molecule is COc1cc(Cl)c(C)cc1NC(=O)c1ccc(C)cc1. The van der Waals surface area contributed by atoms with E-state index in [1.165, 1.54) is 0 Å². The summed E-state index contributed by atoms with van der Waals surface area (Å²) in [6.45, 7) is 3.86. The number of benzene rings is 2. The number of nitrogens with one attached hydrogen (secondary N) is 1. The van der Waals surface area contributed by atoms with Gasteiger partial charge in [-0.05, 0) is 37.6 Å². The third kappa shape index (κ3) is 3.11. The van der Waals surface area contributed by atoms with Crippen molar-refractivity contribution in [3.8, 4) is 5.75 Å². The van der Waals surface area contributed by atoms with Gasteiger partial charge in [0.15, 0.2) is 0 Å². The summed E-state index contributed by atoms with van der Waals surface area (Å²) in [5.74, 6) is 0.367. The topological polar surface area (TPSA) is 38.3 Å². The number of carbonyl (C=O) groups excluding carboxylic acids is 1. The van der Waals surface area contributed by atoms with Gasteiger partial charge < -0.3 is 10.1 Å². The minimum absolute atomic E-state index is 0.176. The van der Waals surface area contributed by atoms with Crippen molar-refractivity contribution < 1.29 is 9.53 Å². The summed E-state index contributed by atoms with van der Waals surface area (Å²) in [6.07, 6.45) is 0. The van der Waals surface area contributed by atoms with Crippen molar-refractivity contribution in [1.82, 2.24) is 0 Å². The van der Waals surface area contributed by atoms with E-state index in [0.717, 1.165) is 11.1 Å². The number of hydrogen-bond donors (Lipinski definition) is 1. The summed E-state index contributed by atoms with van der Waals surface area (Å²) in [7, 11) is 1.54. The molecule has 20 heavy (non-hydrogen) atoms. The van der Waals surface area contributed by atoms with Gasteiger partial charge in [0.05, 0.1) is 12.8 Å². The fourth-order valence-corrected chi connectivity index (χ4v) is 1.98. The Balaban J connectivity index is 2.27. The zero-order chi connectivity index (χ0) is 14.7. The maximum atomic E-state index is 12.2. The summed E-state index contributed by atoms with van der Waals surface area (Å²) < 4.78 is 5.24. The second kappa shape index (κ2) is 5.97. The lowest BCUT2D eigenvalue weighted by Crippen LogP contribution is -2.12. The van der Waals surface area contributed by atoms with E-state index in [2.05, 4.69) is 5.32 Å². The number of hydrogen-bond acceptors (Lipinski definition) is 2. The standard InChI is InChI=1S/C16H16ClNO2/c1-10-4-6-12(7-5-10)16(19)18-14-8-11(2)13(17)9-15(14)20-3/h4-9H,1-3H3,(H,18,19). The molecule has 0 saturated carbocycles. The number of halogens is 1. The summed E-state index contributed by atoms with van der Waals surface area (Å²) in [4.78, 5) is 12.2. The molecule has 0 fully saturated rings. The van der Waals surface area contributed by atoms with Crippen LogP contribution in [0.25, 0.3) is 0 Å². The summed E-state index contributed by atoms with van der Waals surface area (Å²) >= 11 is 6.04. The Bertz CT molecular complexity index is 636. The second-order valence-electron chi connectivity index (χ2n) is 4.62. The average molecular weight is 290 g/mol. The molecule has 0 aromatic heterocycles.